The van der Waals surface area contributed by atoms with Crippen molar-refractivity contribution >= 4 is 11.9 Å². The number of carbonyl (C=O) groups is 1. The largest absolute Gasteiger partial charge is 0.443 e. The first kappa shape index (κ1) is 18.7. The third kappa shape index (κ3) is 4.92. The minimum Gasteiger partial charge on any atom is -0.443 e. The quantitative estimate of drug-likeness (QED) is 0.844. The summed E-state index contributed by atoms with van der Waals surface area (Å²) in [6.45, 7) is 9.10. The molecular formula is C18H28N2O4. The first-order valence-electron chi connectivity index (χ1n) is 8.32. The highest BCUT2D eigenvalue weighted by Gasteiger charge is 2.38. The van der Waals surface area contributed by atoms with E-state index in [0.717, 1.165) is 18.5 Å². The van der Waals surface area contributed by atoms with Crippen molar-refractivity contribution in [3.63, 3.8) is 0 Å². The molecule has 6 heteroatoms. The van der Waals surface area contributed by atoms with Gasteiger partial charge in [-0.15, -0.1) is 0 Å². The summed E-state index contributed by atoms with van der Waals surface area (Å²) < 4.78 is 16.8. The Kier molecular flexibility index (Phi) is 5.83. The first-order valence-corrected chi connectivity index (χ1v) is 8.32. The van der Waals surface area contributed by atoms with Crippen LogP contribution in [0.5, 0.6) is 0 Å². The molecule has 24 heavy (non-hydrogen) atoms. The highest BCUT2D eigenvalue weighted by molar-refractivity contribution is 5.86. The number of pyridine rings is 1. The van der Waals surface area contributed by atoms with Gasteiger partial charge in [0.15, 0.2) is 0 Å². The number of rotatable bonds is 4. The van der Waals surface area contributed by atoms with Crippen LogP contribution in [0.2, 0.25) is 0 Å². The average molecular weight is 336 g/mol. The summed E-state index contributed by atoms with van der Waals surface area (Å²) in [6.07, 6.45) is 1.05. The van der Waals surface area contributed by atoms with Crippen molar-refractivity contribution < 1.29 is 19.0 Å². The lowest BCUT2D eigenvalue weighted by Gasteiger charge is -2.39. The van der Waals surface area contributed by atoms with Crippen LogP contribution in [0, 0.1) is 6.92 Å². The molecule has 1 fully saturated rings. The van der Waals surface area contributed by atoms with Crippen molar-refractivity contribution in [3.05, 3.63) is 23.9 Å². The van der Waals surface area contributed by atoms with Gasteiger partial charge in [-0.3, -0.25) is 4.90 Å². The van der Waals surface area contributed by atoms with E-state index < -0.39 is 17.3 Å². The molecule has 0 radical (unpaired) electrons. The Balaban J connectivity index is 2.29. The van der Waals surface area contributed by atoms with Crippen LogP contribution in [0.25, 0.3) is 0 Å². The number of hydrogen-bond donors (Lipinski definition) is 0. The number of nitrogens with zero attached hydrogens (tertiary/aromatic N) is 2. The van der Waals surface area contributed by atoms with E-state index in [4.69, 9.17) is 14.2 Å². The number of ether oxygens (including phenoxy) is 3. The zero-order chi connectivity index (χ0) is 17.8. The highest BCUT2D eigenvalue weighted by atomic mass is 16.6. The number of amides is 1. The molecule has 2 heterocycles. The molecule has 0 N–H and O–H groups in total. The number of methoxy groups -OCH3 is 1. The van der Waals surface area contributed by atoms with Crippen molar-refractivity contribution in [3.8, 4) is 0 Å². The summed E-state index contributed by atoms with van der Waals surface area (Å²) in [7, 11) is 1.68. The number of aromatic nitrogens is 1. The van der Waals surface area contributed by atoms with Crippen molar-refractivity contribution in [1.29, 1.82) is 0 Å². The van der Waals surface area contributed by atoms with E-state index in [0.29, 0.717) is 25.6 Å². The smallest absolute Gasteiger partial charge is 0.416 e. The average Bonchev–Trinajstić information content (AvgIpc) is 2.52. The number of carbonyl (C=O) groups excluding carboxylic acids is 1. The summed E-state index contributed by atoms with van der Waals surface area (Å²) in [5.41, 5.74) is -0.171. The summed E-state index contributed by atoms with van der Waals surface area (Å²) in [5.74, 6) is 0.576. The maximum absolute atomic E-state index is 12.8. The van der Waals surface area contributed by atoms with Gasteiger partial charge < -0.3 is 14.2 Å². The van der Waals surface area contributed by atoms with Gasteiger partial charge in [-0.05, 0) is 39.8 Å². The fraction of sp³-hybridized carbons (Fsp3) is 0.667. The first-order chi connectivity index (χ1) is 11.2. The maximum Gasteiger partial charge on any atom is 0.416 e. The second kappa shape index (κ2) is 7.49. The molecule has 2 rings (SSSR count). The van der Waals surface area contributed by atoms with Crippen LogP contribution >= 0.6 is 0 Å². The van der Waals surface area contributed by atoms with Crippen LogP contribution in [-0.4, -0.2) is 49.1 Å². The molecule has 0 saturated carbocycles. The van der Waals surface area contributed by atoms with Gasteiger partial charge in [0.25, 0.3) is 0 Å². The van der Waals surface area contributed by atoms with E-state index in [1.54, 1.807) is 12.0 Å². The van der Waals surface area contributed by atoms with Crippen LogP contribution in [0.3, 0.4) is 0 Å². The van der Waals surface area contributed by atoms with Gasteiger partial charge in [0.2, 0.25) is 0 Å². The van der Waals surface area contributed by atoms with Crippen LogP contribution in [0.4, 0.5) is 10.6 Å². The normalized spacial score (nSPS) is 17.4. The standard InChI is InChI=1S/C18H28N2O4/c1-14-7-6-8-15(19-14)20(16(21)24-17(2,3)4)13-18(22-5)9-11-23-12-10-18/h6-8H,9-13H2,1-5H3. The lowest BCUT2D eigenvalue weighted by atomic mass is 9.93. The summed E-state index contributed by atoms with van der Waals surface area (Å²) in [4.78, 5) is 18.8. The molecule has 1 amide bonds. The molecule has 0 aromatic carbocycles. The maximum atomic E-state index is 12.8. The topological polar surface area (TPSA) is 60.9 Å². The van der Waals surface area contributed by atoms with Gasteiger partial charge >= 0.3 is 6.09 Å². The Bertz CT molecular complexity index is 562. The molecule has 1 saturated heterocycles. The molecule has 1 aliphatic rings. The van der Waals surface area contributed by atoms with Crippen LogP contribution < -0.4 is 4.90 Å². The third-order valence-electron chi connectivity index (χ3n) is 4.05. The molecule has 1 aromatic rings. The lowest BCUT2D eigenvalue weighted by Crippen LogP contribution is -2.51. The predicted octanol–water partition coefficient (Wildman–Crippen LogP) is 3.33. The monoisotopic (exact) mass is 336 g/mol. The minimum atomic E-state index is -0.574. The predicted molar refractivity (Wildman–Crippen MR) is 92.3 cm³/mol. The Morgan fingerprint density at radius 3 is 2.54 bits per heavy atom. The Hall–Kier alpha value is -1.66. The van der Waals surface area contributed by atoms with E-state index in [-0.39, 0.29) is 0 Å². The Morgan fingerprint density at radius 1 is 1.33 bits per heavy atom. The fourth-order valence-electron chi connectivity index (χ4n) is 2.69. The van der Waals surface area contributed by atoms with Crippen molar-refractivity contribution in [1.82, 2.24) is 4.98 Å². The van der Waals surface area contributed by atoms with E-state index in [1.165, 1.54) is 0 Å². The van der Waals surface area contributed by atoms with Crippen LogP contribution in [0.1, 0.15) is 39.3 Å². The van der Waals surface area contributed by atoms with Crippen molar-refractivity contribution in [2.24, 2.45) is 0 Å². The lowest BCUT2D eigenvalue weighted by molar-refractivity contribution is -0.0843. The molecule has 0 aliphatic carbocycles. The van der Waals surface area contributed by atoms with Gasteiger partial charge in [-0.2, -0.15) is 0 Å². The molecule has 1 aromatic heterocycles. The van der Waals surface area contributed by atoms with Gasteiger partial charge in [0.05, 0.1) is 12.1 Å². The van der Waals surface area contributed by atoms with Crippen molar-refractivity contribution in [2.45, 2.75) is 51.7 Å². The Morgan fingerprint density at radius 2 is 2.00 bits per heavy atom. The molecule has 6 nitrogen and oxygen atoms in total. The zero-order valence-corrected chi connectivity index (χ0v) is 15.3. The van der Waals surface area contributed by atoms with Crippen LogP contribution in [0.15, 0.2) is 18.2 Å². The molecule has 0 bridgehead atoms. The Labute approximate surface area is 144 Å². The second-order valence-electron chi connectivity index (χ2n) is 7.20. The molecule has 0 atom stereocenters. The van der Waals surface area contributed by atoms with E-state index >= 15 is 0 Å². The van der Waals surface area contributed by atoms with E-state index in [1.807, 2.05) is 45.9 Å². The van der Waals surface area contributed by atoms with Gasteiger partial charge in [-0.25, -0.2) is 9.78 Å². The fourth-order valence-corrected chi connectivity index (χ4v) is 2.69. The summed E-state index contributed by atoms with van der Waals surface area (Å²) in [5, 5.41) is 0. The molecule has 1 aliphatic heterocycles. The molecule has 0 spiro atoms. The number of aryl methyl sites for hydroxylation is 1. The number of anilines is 1. The zero-order valence-electron chi connectivity index (χ0n) is 15.3. The van der Waals surface area contributed by atoms with Crippen molar-refractivity contribution in [2.75, 3.05) is 31.8 Å². The van der Waals surface area contributed by atoms with Gasteiger partial charge in [-0.1, -0.05) is 6.07 Å². The summed E-state index contributed by atoms with van der Waals surface area (Å²) >= 11 is 0. The van der Waals surface area contributed by atoms with E-state index in [2.05, 4.69) is 4.98 Å². The molecule has 0 unspecified atom stereocenters. The SMILES string of the molecule is COC1(CN(C(=O)OC(C)(C)C)c2cccc(C)n2)CCOCC1. The highest BCUT2D eigenvalue weighted by Crippen LogP contribution is 2.28. The van der Waals surface area contributed by atoms with Gasteiger partial charge in [0, 0.05) is 38.9 Å². The third-order valence-corrected chi connectivity index (χ3v) is 4.05. The summed E-state index contributed by atoms with van der Waals surface area (Å²) in [6, 6.07) is 5.61. The minimum absolute atomic E-state index is 0.387. The second-order valence-corrected chi connectivity index (χ2v) is 7.20. The van der Waals surface area contributed by atoms with E-state index in [9.17, 15) is 4.79 Å². The van der Waals surface area contributed by atoms with Gasteiger partial charge in [0.1, 0.15) is 11.4 Å². The van der Waals surface area contributed by atoms with Crippen LogP contribution in [-0.2, 0) is 14.2 Å². The molecular weight excluding hydrogens is 308 g/mol. The molecule has 134 valence electrons. The number of hydrogen-bond acceptors (Lipinski definition) is 5.